The van der Waals surface area contributed by atoms with Crippen molar-refractivity contribution in [3.63, 3.8) is 0 Å². The quantitative estimate of drug-likeness (QED) is 0.430. The lowest BCUT2D eigenvalue weighted by Crippen LogP contribution is -2.13. The lowest BCUT2D eigenvalue weighted by molar-refractivity contribution is -0.136. The van der Waals surface area contributed by atoms with E-state index in [1.807, 2.05) is 20.9 Å². The molecular weight excluding hydrogens is 336 g/mol. The van der Waals surface area contributed by atoms with Gasteiger partial charge in [0.25, 0.3) is 0 Å². The van der Waals surface area contributed by atoms with Crippen LogP contribution >= 0.6 is 0 Å². The number of carbonyl (C=O) groups excluding carboxylic acids is 2. The van der Waals surface area contributed by atoms with Crippen LogP contribution in [0, 0.1) is 13.8 Å². The number of hydrogen-bond acceptors (Lipinski definition) is 6. The third kappa shape index (κ3) is 4.30. The first-order valence-electron chi connectivity index (χ1n) is 7.97. The van der Waals surface area contributed by atoms with Crippen LogP contribution in [0.15, 0.2) is 24.3 Å². The fourth-order valence-electron chi connectivity index (χ4n) is 2.48. The van der Waals surface area contributed by atoms with Gasteiger partial charge >= 0.3 is 5.97 Å². The Morgan fingerprint density at radius 2 is 1.92 bits per heavy atom. The third-order valence-corrected chi connectivity index (χ3v) is 4.00. The summed E-state index contributed by atoms with van der Waals surface area (Å²) < 4.78 is 17.0. The Morgan fingerprint density at radius 1 is 1.19 bits per heavy atom. The van der Waals surface area contributed by atoms with Crippen LogP contribution < -0.4 is 9.47 Å². The highest BCUT2D eigenvalue weighted by atomic mass is 16.5. The Kier molecular flexibility index (Phi) is 6.16. The number of ether oxygens (including phenoxy) is 3. The van der Waals surface area contributed by atoms with Crippen molar-refractivity contribution in [3.8, 4) is 11.5 Å². The standard InChI is InChI=1S/C19H22N2O5/c1-12-15(13(2)21(3)20-12)7-9-19(23)26-11-17(22)16-10-14(24-4)6-8-18(16)25-5/h6-10H,11H2,1-5H3/b9-7+. The first kappa shape index (κ1) is 19.2. The van der Waals surface area contributed by atoms with Crippen molar-refractivity contribution in [3.05, 3.63) is 46.8 Å². The number of rotatable bonds is 7. The van der Waals surface area contributed by atoms with Crippen molar-refractivity contribution >= 4 is 17.8 Å². The summed E-state index contributed by atoms with van der Waals surface area (Å²) in [6.45, 7) is 3.37. The molecule has 1 aromatic heterocycles. The normalized spacial score (nSPS) is 10.8. The number of aromatic nitrogens is 2. The molecule has 7 nitrogen and oxygen atoms in total. The van der Waals surface area contributed by atoms with Crippen molar-refractivity contribution in [2.24, 2.45) is 7.05 Å². The Hall–Kier alpha value is -3.09. The van der Waals surface area contributed by atoms with Crippen LogP contribution in [-0.2, 0) is 16.6 Å². The molecule has 0 aliphatic carbocycles. The number of hydrogen-bond donors (Lipinski definition) is 0. The fourth-order valence-corrected chi connectivity index (χ4v) is 2.48. The van der Waals surface area contributed by atoms with Gasteiger partial charge < -0.3 is 14.2 Å². The van der Waals surface area contributed by atoms with E-state index < -0.39 is 12.6 Å². The van der Waals surface area contributed by atoms with Gasteiger partial charge in [0.2, 0.25) is 5.78 Å². The Balaban J connectivity index is 2.03. The molecule has 7 heteroatoms. The van der Waals surface area contributed by atoms with Gasteiger partial charge in [0, 0.05) is 24.4 Å². The van der Waals surface area contributed by atoms with E-state index in [2.05, 4.69) is 5.10 Å². The second kappa shape index (κ2) is 8.33. The second-order valence-corrected chi connectivity index (χ2v) is 5.64. The van der Waals surface area contributed by atoms with Crippen molar-refractivity contribution in [1.29, 1.82) is 0 Å². The zero-order valence-corrected chi connectivity index (χ0v) is 15.5. The average molecular weight is 358 g/mol. The summed E-state index contributed by atoms with van der Waals surface area (Å²) in [6.07, 6.45) is 2.92. The highest BCUT2D eigenvalue weighted by Crippen LogP contribution is 2.24. The molecule has 0 radical (unpaired) electrons. The SMILES string of the molecule is COc1ccc(OC)c(C(=O)COC(=O)/C=C/c2c(C)nn(C)c2C)c1. The van der Waals surface area contributed by atoms with E-state index in [0.717, 1.165) is 17.0 Å². The monoisotopic (exact) mass is 358 g/mol. The van der Waals surface area contributed by atoms with E-state index >= 15 is 0 Å². The maximum absolute atomic E-state index is 12.3. The summed E-state index contributed by atoms with van der Waals surface area (Å²) in [5.41, 5.74) is 2.89. The number of esters is 1. The molecule has 0 spiro atoms. The van der Waals surface area contributed by atoms with E-state index in [1.54, 1.807) is 29.0 Å². The van der Waals surface area contributed by atoms with Crippen molar-refractivity contribution < 1.29 is 23.8 Å². The molecule has 2 rings (SSSR count). The summed E-state index contributed by atoms with van der Waals surface area (Å²) >= 11 is 0. The Morgan fingerprint density at radius 3 is 2.50 bits per heavy atom. The predicted molar refractivity (Wildman–Crippen MR) is 96.6 cm³/mol. The zero-order chi connectivity index (χ0) is 19.3. The number of nitrogens with zero attached hydrogens (tertiary/aromatic N) is 2. The molecule has 0 bridgehead atoms. The maximum Gasteiger partial charge on any atom is 0.331 e. The predicted octanol–water partition coefficient (Wildman–Crippen LogP) is 2.49. The summed E-state index contributed by atoms with van der Waals surface area (Å²) in [5.74, 6) is -0.0778. The topological polar surface area (TPSA) is 79.7 Å². The molecule has 0 atom stereocenters. The van der Waals surface area contributed by atoms with Crippen LogP contribution in [0.25, 0.3) is 6.08 Å². The molecule has 1 aromatic carbocycles. The van der Waals surface area contributed by atoms with E-state index in [4.69, 9.17) is 14.2 Å². The van der Waals surface area contributed by atoms with Gasteiger partial charge in [0.1, 0.15) is 11.5 Å². The van der Waals surface area contributed by atoms with E-state index in [-0.39, 0.29) is 5.78 Å². The molecule has 2 aromatic rings. The molecular formula is C19H22N2O5. The van der Waals surface area contributed by atoms with Gasteiger partial charge in [-0.3, -0.25) is 9.48 Å². The minimum Gasteiger partial charge on any atom is -0.497 e. The molecule has 138 valence electrons. The smallest absolute Gasteiger partial charge is 0.331 e. The first-order chi connectivity index (χ1) is 12.4. The van der Waals surface area contributed by atoms with E-state index in [9.17, 15) is 9.59 Å². The number of aryl methyl sites for hydroxylation is 2. The highest BCUT2D eigenvalue weighted by Gasteiger charge is 2.15. The summed E-state index contributed by atoms with van der Waals surface area (Å²) in [5, 5.41) is 4.27. The van der Waals surface area contributed by atoms with Crippen LogP contribution in [0.1, 0.15) is 27.3 Å². The Labute approximate surface area is 152 Å². The zero-order valence-electron chi connectivity index (χ0n) is 15.5. The molecule has 0 saturated carbocycles. The molecule has 0 N–H and O–H groups in total. The minimum atomic E-state index is -0.608. The van der Waals surface area contributed by atoms with Gasteiger partial charge in [-0.05, 0) is 38.1 Å². The fraction of sp³-hybridized carbons (Fsp3) is 0.316. The Bertz CT molecular complexity index is 852. The molecule has 0 amide bonds. The molecule has 0 aliphatic heterocycles. The lowest BCUT2D eigenvalue weighted by Gasteiger charge is -2.09. The largest absolute Gasteiger partial charge is 0.497 e. The summed E-state index contributed by atoms with van der Waals surface area (Å²) in [7, 11) is 4.80. The summed E-state index contributed by atoms with van der Waals surface area (Å²) in [4.78, 5) is 24.2. The first-order valence-corrected chi connectivity index (χ1v) is 7.97. The number of ketones is 1. The lowest BCUT2D eigenvalue weighted by atomic mass is 10.1. The molecule has 26 heavy (non-hydrogen) atoms. The molecule has 0 saturated heterocycles. The highest BCUT2D eigenvalue weighted by molar-refractivity contribution is 6.01. The van der Waals surface area contributed by atoms with Crippen molar-refractivity contribution in [2.75, 3.05) is 20.8 Å². The van der Waals surface area contributed by atoms with Crippen LogP contribution in [0.3, 0.4) is 0 Å². The maximum atomic E-state index is 12.3. The van der Waals surface area contributed by atoms with Crippen LogP contribution in [0.4, 0.5) is 0 Å². The molecule has 0 aliphatic rings. The van der Waals surface area contributed by atoms with Gasteiger partial charge in [0.05, 0.1) is 25.5 Å². The number of methoxy groups -OCH3 is 2. The van der Waals surface area contributed by atoms with Crippen LogP contribution in [0.2, 0.25) is 0 Å². The van der Waals surface area contributed by atoms with Gasteiger partial charge in [-0.25, -0.2) is 4.79 Å². The molecule has 0 unspecified atom stereocenters. The van der Waals surface area contributed by atoms with Crippen molar-refractivity contribution in [1.82, 2.24) is 9.78 Å². The van der Waals surface area contributed by atoms with Crippen molar-refractivity contribution in [2.45, 2.75) is 13.8 Å². The number of Topliss-reactive ketones (excluding diaryl/α,β-unsaturated/α-hetero) is 1. The summed E-state index contributed by atoms with van der Waals surface area (Å²) in [6, 6.07) is 4.86. The van der Waals surface area contributed by atoms with Gasteiger partial charge in [0.15, 0.2) is 6.61 Å². The van der Waals surface area contributed by atoms with Gasteiger partial charge in [-0.2, -0.15) is 5.10 Å². The van der Waals surface area contributed by atoms with E-state index in [1.165, 1.54) is 20.3 Å². The van der Waals surface area contributed by atoms with Gasteiger partial charge in [-0.1, -0.05) is 0 Å². The van der Waals surface area contributed by atoms with Crippen LogP contribution in [-0.4, -0.2) is 42.4 Å². The third-order valence-electron chi connectivity index (χ3n) is 4.00. The molecule has 1 heterocycles. The minimum absolute atomic E-state index is 0.294. The van der Waals surface area contributed by atoms with Gasteiger partial charge in [-0.15, -0.1) is 0 Å². The van der Waals surface area contributed by atoms with E-state index in [0.29, 0.717) is 17.1 Å². The second-order valence-electron chi connectivity index (χ2n) is 5.64. The van der Waals surface area contributed by atoms with Crippen LogP contribution in [0.5, 0.6) is 11.5 Å². The number of benzene rings is 1. The number of carbonyl (C=O) groups is 2. The average Bonchev–Trinajstić information content (AvgIpc) is 2.89. The molecule has 0 fully saturated rings.